The van der Waals surface area contributed by atoms with Gasteiger partial charge in [0.05, 0.1) is 6.04 Å². The summed E-state index contributed by atoms with van der Waals surface area (Å²) < 4.78 is 0. The Morgan fingerprint density at radius 3 is 2.73 bits per heavy atom. The predicted octanol–water partition coefficient (Wildman–Crippen LogP) is 3.38. The molecule has 1 atom stereocenters. The van der Waals surface area contributed by atoms with Gasteiger partial charge >= 0.3 is 6.03 Å². The molecular weight excluding hydrogens is 298 g/mol. The maximum absolute atomic E-state index is 12.0. The minimum absolute atomic E-state index is 0.0634. The molecule has 3 N–H and O–H groups in total. The number of benzene rings is 1. The average molecular weight is 317 g/mol. The van der Waals surface area contributed by atoms with Gasteiger partial charge in [-0.15, -0.1) is 11.3 Å². The molecule has 22 heavy (non-hydrogen) atoms. The fraction of sp³-hybridized carbons (Fsp3) is 0.250. The minimum atomic E-state index is -0.297. The van der Waals surface area contributed by atoms with Gasteiger partial charge in [0.2, 0.25) is 0 Å². The summed E-state index contributed by atoms with van der Waals surface area (Å²) in [4.78, 5) is 24.9. The third-order valence-corrected chi connectivity index (χ3v) is 4.09. The third kappa shape index (κ3) is 4.33. The number of hydrogen-bond donors (Lipinski definition) is 3. The summed E-state index contributed by atoms with van der Waals surface area (Å²) in [5, 5.41) is 10.3. The van der Waals surface area contributed by atoms with E-state index in [9.17, 15) is 9.59 Å². The van der Waals surface area contributed by atoms with Crippen molar-refractivity contribution in [3.8, 4) is 0 Å². The second kappa shape index (κ2) is 7.61. The van der Waals surface area contributed by atoms with Gasteiger partial charge in [0, 0.05) is 22.7 Å². The van der Waals surface area contributed by atoms with Crippen LogP contribution in [0.1, 0.15) is 35.1 Å². The number of urea groups is 1. The maximum Gasteiger partial charge on any atom is 0.319 e. The van der Waals surface area contributed by atoms with E-state index in [1.807, 2.05) is 31.4 Å². The SMILES string of the molecule is CCNC(=O)c1cccc(NC(=O)NC(C)c2cccs2)c1. The fourth-order valence-corrected chi connectivity index (χ4v) is 2.71. The molecule has 1 aromatic heterocycles. The topological polar surface area (TPSA) is 70.2 Å². The number of rotatable bonds is 5. The first-order valence-corrected chi connectivity index (χ1v) is 7.97. The number of thiophene rings is 1. The van der Waals surface area contributed by atoms with Gasteiger partial charge in [-0.25, -0.2) is 4.79 Å². The zero-order valence-corrected chi connectivity index (χ0v) is 13.4. The van der Waals surface area contributed by atoms with Crippen LogP contribution in [0, 0.1) is 0 Å². The van der Waals surface area contributed by atoms with Crippen LogP contribution >= 0.6 is 11.3 Å². The molecular formula is C16H19N3O2S. The Balaban J connectivity index is 1.96. The van der Waals surface area contributed by atoms with E-state index < -0.39 is 0 Å². The molecule has 0 aliphatic rings. The van der Waals surface area contributed by atoms with E-state index in [4.69, 9.17) is 0 Å². The van der Waals surface area contributed by atoms with Crippen molar-refractivity contribution in [1.82, 2.24) is 10.6 Å². The molecule has 2 rings (SSSR count). The molecule has 0 aliphatic heterocycles. The van der Waals surface area contributed by atoms with E-state index in [0.29, 0.717) is 17.8 Å². The molecule has 0 fully saturated rings. The molecule has 1 heterocycles. The lowest BCUT2D eigenvalue weighted by molar-refractivity contribution is 0.0956. The largest absolute Gasteiger partial charge is 0.352 e. The third-order valence-electron chi connectivity index (χ3n) is 3.04. The predicted molar refractivity (Wildman–Crippen MR) is 89.3 cm³/mol. The summed E-state index contributed by atoms with van der Waals surface area (Å²) in [6.45, 7) is 4.35. The van der Waals surface area contributed by atoms with Gasteiger partial charge in [-0.3, -0.25) is 4.79 Å². The first kappa shape index (κ1) is 16.0. The van der Waals surface area contributed by atoms with Crippen molar-refractivity contribution in [2.75, 3.05) is 11.9 Å². The lowest BCUT2D eigenvalue weighted by atomic mass is 10.2. The lowest BCUT2D eigenvalue weighted by Gasteiger charge is -2.13. The van der Waals surface area contributed by atoms with Crippen molar-refractivity contribution < 1.29 is 9.59 Å². The number of nitrogens with one attached hydrogen (secondary N) is 3. The molecule has 1 unspecified atom stereocenters. The van der Waals surface area contributed by atoms with Crippen LogP contribution in [0.5, 0.6) is 0 Å². The summed E-state index contributed by atoms with van der Waals surface area (Å²) >= 11 is 1.60. The second-order valence-electron chi connectivity index (χ2n) is 4.78. The standard InChI is InChI=1S/C16H19N3O2S/c1-3-17-15(20)12-6-4-7-13(10-12)19-16(21)18-11(2)14-8-5-9-22-14/h4-11H,3H2,1-2H3,(H,17,20)(H2,18,19,21). The van der Waals surface area contributed by atoms with Crippen molar-refractivity contribution in [3.63, 3.8) is 0 Å². The zero-order chi connectivity index (χ0) is 15.9. The maximum atomic E-state index is 12.0. The van der Waals surface area contributed by atoms with E-state index >= 15 is 0 Å². The smallest absolute Gasteiger partial charge is 0.319 e. The summed E-state index contributed by atoms with van der Waals surface area (Å²) in [5.41, 5.74) is 1.10. The van der Waals surface area contributed by atoms with Gasteiger partial charge in [-0.1, -0.05) is 12.1 Å². The monoisotopic (exact) mass is 317 g/mol. The summed E-state index contributed by atoms with van der Waals surface area (Å²) in [5.74, 6) is -0.154. The van der Waals surface area contributed by atoms with E-state index in [2.05, 4.69) is 16.0 Å². The molecule has 0 bridgehead atoms. The Labute approximate surface area is 133 Å². The Hall–Kier alpha value is -2.34. The molecule has 116 valence electrons. The van der Waals surface area contributed by atoms with Crippen LogP contribution in [0.15, 0.2) is 41.8 Å². The quantitative estimate of drug-likeness (QED) is 0.791. The highest BCUT2D eigenvalue weighted by Gasteiger charge is 2.11. The molecule has 0 radical (unpaired) electrons. The van der Waals surface area contributed by atoms with Crippen molar-refractivity contribution in [2.45, 2.75) is 19.9 Å². The number of carbonyl (C=O) groups is 2. The lowest BCUT2D eigenvalue weighted by Crippen LogP contribution is -2.31. The van der Waals surface area contributed by atoms with Gasteiger partial charge in [0.25, 0.3) is 5.91 Å². The van der Waals surface area contributed by atoms with Crippen molar-refractivity contribution >= 4 is 29.0 Å². The molecule has 0 aliphatic carbocycles. The molecule has 5 nitrogen and oxygen atoms in total. The van der Waals surface area contributed by atoms with Gasteiger partial charge in [0.1, 0.15) is 0 Å². The van der Waals surface area contributed by atoms with Crippen LogP contribution in [-0.2, 0) is 0 Å². The number of hydrogen-bond acceptors (Lipinski definition) is 3. The van der Waals surface area contributed by atoms with Gasteiger partial charge in [0.15, 0.2) is 0 Å². The Morgan fingerprint density at radius 2 is 2.05 bits per heavy atom. The number of amides is 3. The normalized spacial score (nSPS) is 11.5. The first-order valence-electron chi connectivity index (χ1n) is 7.09. The highest BCUT2D eigenvalue weighted by Crippen LogP contribution is 2.18. The molecule has 0 saturated carbocycles. The summed E-state index contributed by atoms with van der Waals surface area (Å²) in [7, 11) is 0. The van der Waals surface area contributed by atoms with Crippen LogP contribution in [0.25, 0.3) is 0 Å². The van der Waals surface area contributed by atoms with Crippen molar-refractivity contribution in [3.05, 3.63) is 52.2 Å². The number of anilines is 1. The zero-order valence-electron chi connectivity index (χ0n) is 12.6. The molecule has 0 spiro atoms. The highest BCUT2D eigenvalue weighted by molar-refractivity contribution is 7.10. The molecule has 3 amide bonds. The van der Waals surface area contributed by atoms with Crippen LogP contribution in [-0.4, -0.2) is 18.5 Å². The molecule has 1 aromatic carbocycles. The van der Waals surface area contributed by atoms with E-state index in [1.165, 1.54) is 0 Å². The second-order valence-corrected chi connectivity index (χ2v) is 5.76. The van der Waals surface area contributed by atoms with Gasteiger partial charge < -0.3 is 16.0 Å². The highest BCUT2D eigenvalue weighted by atomic mass is 32.1. The Kier molecular flexibility index (Phi) is 5.55. The number of carbonyl (C=O) groups excluding carboxylic acids is 2. The first-order chi connectivity index (χ1) is 10.6. The van der Waals surface area contributed by atoms with Crippen LogP contribution in [0.2, 0.25) is 0 Å². The van der Waals surface area contributed by atoms with Crippen molar-refractivity contribution in [2.24, 2.45) is 0 Å². The molecule has 0 saturated heterocycles. The summed E-state index contributed by atoms with van der Waals surface area (Å²) in [6, 6.07) is 10.4. The van der Waals surface area contributed by atoms with Gasteiger partial charge in [-0.2, -0.15) is 0 Å². The van der Waals surface area contributed by atoms with Gasteiger partial charge in [-0.05, 0) is 43.5 Å². The summed E-state index contributed by atoms with van der Waals surface area (Å²) in [6.07, 6.45) is 0. The Bertz CT molecular complexity index is 641. The van der Waals surface area contributed by atoms with Crippen molar-refractivity contribution in [1.29, 1.82) is 0 Å². The molecule has 6 heteroatoms. The minimum Gasteiger partial charge on any atom is -0.352 e. The van der Waals surface area contributed by atoms with Crippen LogP contribution in [0.3, 0.4) is 0 Å². The van der Waals surface area contributed by atoms with Crippen LogP contribution < -0.4 is 16.0 Å². The molecule has 2 aromatic rings. The Morgan fingerprint density at radius 1 is 1.23 bits per heavy atom. The van der Waals surface area contributed by atoms with E-state index in [0.717, 1.165) is 4.88 Å². The fourth-order valence-electron chi connectivity index (χ4n) is 1.97. The average Bonchev–Trinajstić information content (AvgIpc) is 3.02. The van der Waals surface area contributed by atoms with E-state index in [1.54, 1.807) is 35.6 Å². The van der Waals surface area contributed by atoms with Crippen LogP contribution in [0.4, 0.5) is 10.5 Å². The van der Waals surface area contributed by atoms with E-state index in [-0.39, 0.29) is 18.0 Å².